The molecule has 25 heavy (non-hydrogen) atoms. The lowest BCUT2D eigenvalue weighted by molar-refractivity contribution is 0.146. The van der Waals surface area contributed by atoms with Crippen LogP contribution in [0.2, 0.25) is 0 Å². The molecule has 2 heterocycles. The van der Waals surface area contributed by atoms with Crippen molar-refractivity contribution in [3.8, 4) is 5.75 Å². The maximum absolute atomic E-state index is 12.6. The fourth-order valence-corrected chi connectivity index (χ4v) is 3.33. The maximum Gasteiger partial charge on any atom is 0.317 e. The van der Waals surface area contributed by atoms with Crippen LogP contribution in [0.4, 0.5) is 4.79 Å². The molecule has 1 aliphatic rings. The molecule has 0 spiro atoms. The summed E-state index contributed by atoms with van der Waals surface area (Å²) in [5, 5.41) is 12.4. The zero-order valence-corrected chi connectivity index (χ0v) is 14.4. The fourth-order valence-electron chi connectivity index (χ4n) is 3.33. The zero-order valence-electron chi connectivity index (χ0n) is 14.4. The molecule has 1 aliphatic heterocycles. The van der Waals surface area contributed by atoms with E-state index in [2.05, 4.69) is 10.3 Å². The first-order valence-electron chi connectivity index (χ1n) is 8.94. The molecule has 1 aromatic carbocycles. The number of piperidine rings is 1. The van der Waals surface area contributed by atoms with Crippen molar-refractivity contribution in [1.82, 2.24) is 15.2 Å². The SMILES string of the molecule is O=C(NCc1ccccn1)N1CCCCC1CCc1ccc(O)cc1. The number of likely N-dealkylation sites (tertiary alicyclic amines) is 1. The van der Waals surface area contributed by atoms with Crippen LogP contribution in [0.3, 0.4) is 0 Å². The average Bonchev–Trinajstić information content (AvgIpc) is 2.67. The molecule has 5 nitrogen and oxygen atoms in total. The van der Waals surface area contributed by atoms with E-state index < -0.39 is 0 Å². The number of rotatable bonds is 5. The van der Waals surface area contributed by atoms with E-state index in [1.807, 2.05) is 35.2 Å². The smallest absolute Gasteiger partial charge is 0.317 e. The van der Waals surface area contributed by atoms with Gasteiger partial charge in [-0.15, -0.1) is 0 Å². The largest absolute Gasteiger partial charge is 0.508 e. The molecule has 0 saturated carbocycles. The number of amides is 2. The van der Waals surface area contributed by atoms with Gasteiger partial charge in [0.25, 0.3) is 0 Å². The van der Waals surface area contributed by atoms with Gasteiger partial charge in [-0.2, -0.15) is 0 Å². The van der Waals surface area contributed by atoms with Gasteiger partial charge in [0.1, 0.15) is 5.75 Å². The van der Waals surface area contributed by atoms with Gasteiger partial charge < -0.3 is 15.3 Å². The summed E-state index contributed by atoms with van der Waals surface area (Å²) in [6.45, 7) is 1.27. The van der Waals surface area contributed by atoms with Gasteiger partial charge >= 0.3 is 6.03 Å². The number of hydrogen-bond donors (Lipinski definition) is 2. The second kappa shape index (κ2) is 8.51. The molecule has 1 unspecified atom stereocenters. The molecule has 2 amide bonds. The van der Waals surface area contributed by atoms with Crippen LogP contribution in [0.1, 0.15) is 36.9 Å². The Bertz CT molecular complexity index is 673. The molecule has 0 aliphatic carbocycles. The van der Waals surface area contributed by atoms with Gasteiger partial charge in [0.05, 0.1) is 12.2 Å². The Morgan fingerprint density at radius 1 is 1.20 bits per heavy atom. The summed E-state index contributed by atoms with van der Waals surface area (Å²) in [4.78, 5) is 18.8. The molecule has 1 aromatic heterocycles. The molecule has 1 saturated heterocycles. The van der Waals surface area contributed by atoms with Crippen molar-refractivity contribution in [3.05, 3.63) is 59.9 Å². The highest BCUT2D eigenvalue weighted by molar-refractivity contribution is 5.74. The first kappa shape index (κ1) is 17.3. The Morgan fingerprint density at radius 3 is 2.80 bits per heavy atom. The highest BCUT2D eigenvalue weighted by Gasteiger charge is 2.26. The van der Waals surface area contributed by atoms with E-state index in [0.717, 1.165) is 37.9 Å². The van der Waals surface area contributed by atoms with Crippen LogP contribution < -0.4 is 5.32 Å². The Kier molecular flexibility index (Phi) is 5.88. The Balaban J connectivity index is 1.54. The lowest BCUT2D eigenvalue weighted by Gasteiger charge is -2.36. The van der Waals surface area contributed by atoms with Crippen molar-refractivity contribution in [1.29, 1.82) is 0 Å². The molecule has 0 bridgehead atoms. The van der Waals surface area contributed by atoms with E-state index >= 15 is 0 Å². The number of aromatic nitrogens is 1. The average molecular weight is 339 g/mol. The standard InChI is InChI=1S/C20H25N3O2/c24-19-11-8-16(9-12-19)7-10-18-6-2-4-14-23(18)20(25)22-15-17-5-1-3-13-21-17/h1,3,5,8-9,11-13,18,24H,2,4,6-7,10,14-15H2,(H,22,25). The molecule has 2 aromatic rings. The lowest BCUT2D eigenvalue weighted by atomic mass is 9.96. The van der Waals surface area contributed by atoms with Crippen LogP contribution >= 0.6 is 0 Å². The van der Waals surface area contributed by atoms with Crippen LogP contribution in [0.25, 0.3) is 0 Å². The van der Waals surface area contributed by atoms with Crippen LogP contribution in [0, 0.1) is 0 Å². The van der Waals surface area contributed by atoms with Crippen LogP contribution in [0.15, 0.2) is 48.7 Å². The van der Waals surface area contributed by atoms with Crippen molar-refractivity contribution in [2.75, 3.05) is 6.54 Å². The van der Waals surface area contributed by atoms with Gasteiger partial charge in [0, 0.05) is 18.8 Å². The van der Waals surface area contributed by atoms with Gasteiger partial charge in [-0.25, -0.2) is 4.79 Å². The van der Waals surface area contributed by atoms with E-state index in [1.54, 1.807) is 18.3 Å². The predicted molar refractivity (Wildman–Crippen MR) is 97.2 cm³/mol. The van der Waals surface area contributed by atoms with Crippen LogP contribution in [-0.2, 0) is 13.0 Å². The van der Waals surface area contributed by atoms with Crippen LogP contribution in [0.5, 0.6) is 5.75 Å². The number of nitrogens with zero attached hydrogens (tertiary/aromatic N) is 2. The van der Waals surface area contributed by atoms with Gasteiger partial charge in [-0.05, 0) is 61.9 Å². The third-order valence-corrected chi connectivity index (χ3v) is 4.74. The first-order chi connectivity index (χ1) is 12.2. The quantitative estimate of drug-likeness (QED) is 0.876. The molecule has 132 valence electrons. The molecular formula is C20H25N3O2. The summed E-state index contributed by atoms with van der Waals surface area (Å²) in [5.41, 5.74) is 2.06. The highest BCUT2D eigenvalue weighted by atomic mass is 16.3. The second-order valence-electron chi connectivity index (χ2n) is 6.53. The number of phenols is 1. The first-order valence-corrected chi connectivity index (χ1v) is 8.94. The number of carbonyl (C=O) groups excluding carboxylic acids is 1. The third kappa shape index (κ3) is 4.95. The third-order valence-electron chi connectivity index (χ3n) is 4.74. The monoisotopic (exact) mass is 339 g/mol. The second-order valence-corrected chi connectivity index (χ2v) is 6.53. The molecule has 1 fully saturated rings. The summed E-state index contributed by atoms with van der Waals surface area (Å²) in [5.74, 6) is 0.289. The highest BCUT2D eigenvalue weighted by Crippen LogP contribution is 2.22. The number of pyridine rings is 1. The Labute approximate surface area is 148 Å². The topological polar surface area (TPSA) is 65.5 Å². The number of aromatic hydroxyl groups is 1. The zero-order chi connectivity index (χ0) is 17.5. The number of hydrogen-bond acceptors (Lipinski definition) is 3. The van der Waals surface area contributed by atoms with Crippen molar-refractivity contribution in [2.45, 2.75) is 44.7 Å². The minimum atomic E-state index is 0.000981. The molecule has 3 rings (SSSR count). The van der Waals surface area contributed by atoms with Crippen molar-refractivity contribution < 1.29 is 9.90 Å². The van der Waals surface area contributed by atoms with Crippen molar-refractivity contribution in [2.24, 2.45) is 0 Å². The molecule has 5 heteroatoms. The fraction of sp³-hybridized carbons (Fsp3) is 0.400. The summed E-state index contributed by atoms with van der Waals surface area (Å²) in [6.07, 6.45) is 6.88. The Hall–Kier alpha value is -2.56. The number of urea groups is 1. The maximum atomic E-state index is 12.6. The van der Waals surface area contributed by atoms with E-state index in [0.29, 0.717) is 6.54 Å². The van der Waals surface area contributed by atoms with E-state index in [4.69, 9.17) is 0 Å². The normalized spacial score (nSPS) is 17.3. The molecule has 0 radical (unpaired) electrons. The van der Waals surface area contributed by atoms with Gasteiger partial charge in [-0.3, -0.25) is 4.98 Å². The van der Waals surface area contributed by atoms with E-state index in [1.165, 1.54) is 12.0 Å². The molecule has 2 N–H and O–H groups in total. The van der Waals surface area contributed by atoms with Crippen molar-refractivity contribution >= 4 is 6.03 Å². The number of phenolic OH excluding ortho intramolecular Hbond substituents is 1. The van der Waals surface area contributed by atoms with Crippen molar-refractivity contribution in [3.63, 3.8) is 0 Å². The van der Waals surface area contributed by atoms with E-state index in [9.17, 15) is 9.90 Å². The Morgan fingerprint density at radius 2 is 2.04 bits per heavy atom. The van der Waals surface area contributed by atoms with Gasteiger partial charge in [0.15, 0.2) is 0 Å². The molecular weight excluding hydrogens is 314 g/mol. The molecule has 1 atom stereocenters. The number of benzene rings is 1. The number of aryl methyl sites for hydroxylation is 1. The summed E-state index contributed by atoms with van der Waals surface area (Å²) < 4.78 is 0. The van der Waals surface area contributed by atoms with Gasteiger partial charge in [-0.1, -0.05) is 18.2 Å². The number of nitrogens with one attached hydrogen (secondary N) is 1. The summed E-state index contributed by atoms with van der Waals surface area (Å²) in [7, 11) is 0. The minimum Gasteiger partial charge on any atom is -0.508 e. The number of carbonyl (C=O) groups is 1. The lowest BCUT2D eigenvalue weighted by Crippen LogP contribution is -2.48. The van der Waals surface area contributed by atoms with Gasteiger partial charge in [0.2, 0.25) is 0 Å². The predicted octanol–water partition coefficient (Wildman–Crippen LogP) is 3.48. The summed E-state index contributed by atoms with van der Waals surface area (Å²) >= 11 is 0. The van der Waals surface area contributed by atoms with E-state index in [-0.39, 0.29) is 17.8 Å². The minimum absolute atomic E-state index is 0.000981. The summed E-state index contributed by atoms with van der Waals surface area (Å²) in [6, 6.07) is 13.3. The van der Waals surface area contributed by atoms with Crippen LogP contribution in [-0.4, -0.2) is 33.6 Å².